The Bertz CT molecular complexity index is 3350. The molecule has 6 aliphatic rings. The number of phosphoric acid groups is 5. The maximum atomic E-state index is 13.4. The number of ketones is 3. The van der Waals surface area contributed by atoms with Gasteiger partial charge in [0.05, 0.1) is 121 Å². The Kier molecular flexibility index (Phi) is 52.6. The molecule has 0 spiro atoms. The molecule has 6 rings (SSSR count). The Balaban J connectivity index is 0.914. The van der Waals surface area contributed by atoms with Crippen molar-refractivity contribution in [3.05, 3.63) is 0 Å². The standard InChI is InChI=1S/C77H143O45P5/c1-50-60(41-78)117-74(51(2)69(50)85)103-45-54(82)26-17-12-9-15-21-30-101-67-39-58(121-126(96,97)109-33-23-32-106-77(5,6)7)64(115-67)48-112-124(92,93)108-35-25-37-111-127(98,99)122-59-40-68(102-31-22-16-10-13-19-28-56(84)47-105-76-53(4)71(87)73(89)63(44-81)119-76)116-65(59)49-113-123(90,91)107-34-24-36-110-125(94,95)120-57-38-66(114-61(57)42-79)100-29-20-14-8-11-18-27-55(83)46-104-75-52(3)70(86)72(88)62(43-80)118-75/h50-53,57-76,78-81,85-89H,8-49H2,1-7H3,(H,90,91)(H,92,93)(H,94,95)(H,96,97)(H,98,99)/p-5/t50-,51?,52?,53?,57?,58+,59+,60?,61+,62?,63?,64?,65?,66-,67-,68-,69-,70+,71+,72-,73-,74+,75+,76+/m0/s1. The maximum Gasteiger partial charge on any atom is 0.268 e. The minimum atomic E-state index is -5.39. The summed E-state index contributed by atoms with van der Waals surface area (Å²) < 4.78 is 190. The monoisotopic (exact) mass is 1940 g/mol. The molecular formula is C77H138O45P5-5. The predicted molar refractivity (Wildman–Crippen MR) is 429 cm³/mol. The van der Waals surface area contributed by atoms with Crippen molar-refractivity contribution in [2.24, 2.45) is 23.7 Å². The van der Waals surface area contributed by atoms with E-state index in [1.54, 1.807) is 27.7 Å². The Hall–Kier alpha value is -1.32. The largest absolute Gasteiger partial charge is 0.756 e. The van der Waals surface area contributed by atoms with Crippen molar-refractivity contribution in [1.82, 2.24) is 0 Å². The van der Waals surface area contributed by atoms with Gasteiger partial charge in [-0.3, -0.25) is 37.2 Å². The van der Waals surface area contributed by atoms with Crippen LogP contribution >= 0.6 is 39.1 Å². The van der Waals surface area contributed by atoms with E-state index in [1.807, 2.05) is 20.8 Å². The predicted octanol–water partition coefficient (Wildman–Crippen LogP) is 2.25. The van der Waals surface area contributed by atoms with Crippen LogP contribution in [0.5, 0.6) is 0 Å². The second-order valence-corrected chi connectivity index (χ2v) is 40.3. The fourth-order valence-electron chi connectivity index (χ4n) is 14.3. The minimum absolute atomic E-state index is 0.0465. The van der Waals surface area contributed by atoms with Crippen molar-refractivity contribution in [2.75, 3.05) is 119 Å². The highest BCUT2D eigenvalue weighted by Gasteiger charge is 2.47. The molecule has 6 aliphatic heterocycles. The lowest BCUT2D eigenvalue weighted by molar-refractivity contribution is -0.280. The number of aliphatic hydroxyl groups excluding tert-OH is 9. The van der Waals surface area contributed by atoms with E-state index in [9.17, 15) is 108 Å². The summed E-state index contributed by atoms with van der Waals surface area (Å²) in [7, 11) is -26.2. The third-order valence-electron chi connectivity index (χ3n) is 21.8. The zero-order valence-electron chi connectivity index (χ0n) is 73.5. The van der Waals surface area contributed by atoms with Gasteiger partial charge in [0.1, 0.15) is 62.5 Å². The van der Waals surface area contributed by atoms with E-state index in [2.05, 4.69) is 0 Å². The number of phosphoric ester groups is 5. The van der Waals surface area contributed by atoms with Crippen molar-refractivity contribution in [3.63, 3.8) is 0 Å². The van der Waals surface area contributed by atoms with Crippen LogP contribution in [-0.2, 0) is 144 Å². The zero-order valence-corrected chi connectivity index (χ0v) is 78.0. The number of rotatable bonds is 69. The van der Waals surface area contributed by atoms with Gasteiger partial charge in [0, 0.05) is 88.6 Å². The molecule has 0 saturated carbocycles. The molecule has 0 aromatic heterocycles. The van der Waals surface area contributed by atoms with Gasteiger partial charge in [0.15, 0.2) is 55.1 Å². The third-order valence-corrected chi connectivity index (χ3v) is 26.8. The van der Waals surface area contributed by atoms with Gasteiger partial charge in [-0.05, 0) is 78.6 Å². The highest BCUT2D eigenvalue weighted by molar-refractivity contribution is 7.47. The second kappa shape index (κ2) is 58.4. The van der Waals surface area contributed by atoms with Crippen LogP contribution in [0.1, 0.15) is 203 Å². The SMILES string of the molecule is CC1[C@H](OCC(=O)CCCCCCCO[C@@H]2C[C@@H](OP(=O)([O-])OCCCOC(C)(C)C)C(COP(=O)([O-])OCCCOP(=O)([O-])O[C@@H]3C[C@@H](OCCCCCCCC(=O)CO[C@@H]4OC(CO)[C@H](O)[C@H](O)C4C)OC3COP(=O)([O-])OCCCOP(=O)([O-])OC3C[C@@H](OCCCCCCCC(=O)CO[C@@H]4OC(CO)[C@H](O)[C@H](O)C4C)O[C@@H]3CO)O2)OC(CO)[C@H](C)[C@@H]1O. The maximum absolute atomic E-state index is 13.4. The van der Waals surface area contributed by atoms with Gasteiger partial charge in [-0.25, -0.2) is 0 Å². The van der Waals surface area contributed by atoms with Crippen LogP contribution in [0.3, 0.4) is 0 Å². The number of aliphatic hydroxyl groups is 9. The number of ether oxygens (including phenoxy) is 13. The molecule has 0 aromatic rings. The lowest BCUT2D eigenvalue weighted by Gasteiger charge is -2.41. The first kappa shape index (κ1) is 114. The molecule has 0 radical (unpaired) electrons. The lowest BCUT2D eigenvalue weighted by atomic mass is 9.86. The number of carbonyl (C=O) groups excluding carboxylic acids is 3. The number of carbonyl (C=O) groups is 3. The fraction of sp³-hybridized carbons (Fsp3) is 0.961. The number of hydrogen-bond donors (Lipinski definition) is 9. The number of Topliss-reactive ketones (excluding diaryl/α,β-unsaturated/α-hetero) is 3. The van der Waals surface area contributed by atoms with Crippen molar-refractivity contribution in [3.8, 4) is 0 Å². The summed E-state index contributed by atoms with van der Waals surface area (Å²) in [5, 5.41) is 89.7. The summed E-state index contributed by atoms with van der Waals surface area (Å²) in [5.74, 6) is -2.62. The summed E-state index contributed by atoms with van der Waals surface area (Å²) in [4.78, 5) is 103. The highest BCUT2D eigenvalue weighted by Crippen LogP contribution is 2.49. The molecule has 0 bridgehead atoms. The van der Waals surface area contributed by atoms with E-state index in [1.165, 1.54) is 0 Å². The van der Waals surface area contributed by atoms with Crippen molar-refractivity contribution >= 4 is 56.5 Å². The quantitative estimate of drug-likeness (QED) is 0.0311. The van der Waals surface area contributed by atoms with Gasteiger partial charge in [-0.2, -0.15) is 0 Å². The first-order valence-electron chi connectivity index (χ1n) is 43.8. The van der Waals surface area contributed by atoms with E-state index < -0.39 is 252 Å². The number of unbranched alkanes of at least 4 members (excludes halogenated alkanes) is 12. The van der Waals surface area contributed by atoms with Crippen LogP contribution in [-0.4, -0.2) is 311 Å². The average molecular weight is 1940 g/mol. The zero-order chi connectivity index (χ0) is 93.6. The molecule has 0 aliphatic carbocycles. The molecule has 127 heavy (non-hydrogen) atoms. The average Bonchev–Trinajstić information content (AvgIpc) is 1.74. The van der Waals surface area contributed by atoms with Crippen molar-refractivity contribution in [1.29, 1.82) is 0 Å². The Morgan fingerprint density at radius 1 is 0.315 bits per heavy atom. The van der Waals surface area contributed by atoms with E-state index >= 15 is 0 Å². The van der Waals surface area contributed by atoms with Crippen molar-refractivity contribution < 1.29 is 214 Å². The fourth-order valence-corrected chi connectivity index (χ4v) is 18.7. The van der Waals surface area contributed by atoms with E-state index in [0.717, 1.165) is 12.8 Å². The lowest BCUT2D eigenvalue weighted by Crippen LogP contribution is -2.55. The van der Waals surface area contributed by atoms with E-state index in [-0.39, 0.29) is 134 Å². The molecule has 6 saturated heterocycles. The Morgan fingerprint density at radius 2 is 0.598 bits per heavy atom. The molecule has 14 unspecified atom stereocenters. The van der Waals surface area contributed by atoms with E-state index in [0.29, 0.717) is 83.5 Å². The first-order valence-corrected chi connectivity index (χ1v) is 51.1. The topological polar surface area (TPSA) is 646 Å². The molecule has 50 heteroatoms. The minimum Gasteiger partial charge on any atom is -0.756 e. The Labute approximate surface area is 741 Å². The molecule has 746 valence electrons. The molecule has 9 N–H and O–H groups in total. The summed E-state index contributed by atoms with van der Waals surface area (Å²) >= 11 is 0. The van der Waals surface area contributed by atoms with Gasteiger partial charge in [-0.1, -0.05) is 85.5 Å². The molecule has 0 aromatic carbocycles. The third kappa shape index (κ3) is 43.5. The summed E-state index contributed by atoms with van der Waals surface area (Å²) in [6.07, 6.45) is -14.2. The highest BCUT2D eigenvalue weighted by atomic mass is 31.2. The van der Waals surface area contributed by atoms with Crippen LogP contribution in [0.15, 0.2) is 0 Å². The molecule has 6 heterocycles. The second-order valence-electron chi connectivity index (χ2n) is 33.4. The van der Waals surface area contributed by atoms with Gasteiger partial charge >= 0.3 is 0 Å². The van der Waals surface area contributed by atoms with Gasteiger partial charge in [-0.15, -0.1) is 0 Å². The summed E-state index contributed by atoms with van der Waals surface area (Å²) in [6.45, 7) is 4.91. The molecule has 6 fully saturated rings. The molecular weight excluding hydrogens is 1800 g/mol. The van der Waals surface area contributed by atoms with Crippen LogP contribution in [0, 0.1) is 23.7 Å². The molecule has 29 atom stereocenters. The van der Waals surface area contributed by atoms with Crippen LogP contribution in [0.4, 0.5) is 0 Å². The smallest absolute Gasteiger partial charge is 0.268 e. The number of hydrogen-bond acceptors (Lipinski definition) is 45. The van der Waals surface area contributed by atoms with Gasteiger partial charge in [0.25, 0.3) is 39.1 Å². The van der Waals surface area contributed by atoms with E-state index in [4.69, 9.17) is 107 Å². The van der Waals surface area contributed by atoms with Crippen LogP contribution in [0.2, 0.25) is 0 Å². The van der Waals surface area contributed by atoms with Crippen LogP contribution in [0.25, 0.3) is 0 Å². The normalized spacial score (nSPS) is 32.6. The molecule has 0 amide bonds. The summed E-state index contributed by atoms with van der Waals surface area (Å²) in [6, 6.07) is 0. The Morgan fingerprint density at radius 3 is 0.929 bits per heavy atom. The van der Waals surface area contributed by atoms with Gasteiger partial charge < -0.3 is 177 Å². The summed E-state index contributed by atoms with van der Waals surface area (Å²) in [5.41, 5.74) is -0.504. The first-order chi connectivity index (χ1) is 60.1. The molecule has 45 nitrogen and oxygen atoms in total. The van der Waals surface area contributed by atoms with Crippen LogP contribution < -0.4 is 24.5 Å². The van der Waals surface area contributed by atoms with Crippen molar-refractivity contribution in [2.45, 2.75) is 331 Å². The van der Waals surface area contributed by atoms with Gasteiger partial charge in [0.2, 0.25) is 0 Å².